The summed E-state index contributed by atoms with van der Waals surface area (Å²) in [7, 11) is 0. The smallest absolute Gasteiger partial charge is 0.252 e. The van der Waals surface area contributed by atoms with Crippen molar-refractivity contribution in [1.29, 1.82) is 0 Å². The number of aryl methyl sites for hydroxylation is 1. The van der Waals surface area contributed by atoms with Gasteiger partial charge in [0, 0.05) is 15.5 Å². The normalized spacial score (nSPS) is 10.4. The number of thiophene rings is 1. The van der Waals surface area contributed by atoms with Gasteiger partial charge in [-0.3, -0.25) is 4.79 Å². The first-order valence-corrected chi connectivity index (χ1v) is 7.85. The summed E-state index contributed by atoms with van der Waals surface area (Å²) in [5.41, 5.74) is 3.02. The van der Waals surface area contributed by atoms with Crippen LogP contribution in [0.15, 0.2) is 37.9 Å². The third-order valence-electron chi connectivity index (χ3n) is 2.57. The van der Waals surface area contributed by atoms with E-state index >= 15 is 0 Å². The Kier molecular flexibility index (Phi) is 4.59. The molecule has 1 amide bonds. The highest BCUT2D eigenvalue weighted by atomic mass is 79.9. The molecule has 1 aromatic carbocycles. The van der Waals surface area contributed by atoms with E-state index in [4.69, 9.17) is 0 Å². The summed E-state index contributed by atoms with van der Waals surface area (Å²) in [6, 6.07) is 5.55. The van der Waals surface area contributed by atoms with Crippen molar-refractivity contribution >= 4 is 49.1 Å². The fourth-order valence-electron chi connectivity index (χ4n) is 1.51. The SMILES string of the molecule is Cc1cscc1CNC(=O)c1cc(Br)ccc1Br. The molecule has 0 spiro atoms. The van der Waals surface area contributed by atoms with Crippen molar-refractivity contribution in [1.82, 2.24) is 5.32 Å². The lowest BCUT2D eigenvalue weighted by atomic mass is 10.2. The van der Waals surface area contributed by atoms with Gasteiger partial charge in [0.05, 0.1) is 5.56 Å². The molecule has 5 heteroatoms. The molecular weight excluding hydrogens is 378 g/mol. The van der Waals surface area contributed by atoms with E-state index in [1.54, 1.807) is 17.4 Å². The van der Waals surface area contributed by atoms with Crippen LogP contribution in [-0.4, -0.2) is 5.91 Å². The van der Waals surface area contributed by atoms with Crippen LogP contribution in [-0.2, 0) is 6.54 Å². The molecule has 0 aliphatic carbocycles. The van der Waals surface area contributed by atoms with Gasteiger partial charge in [-0.15, -0.1) is 0 Å². The maximum absolute atomic E-state index is 12.1. The Morgan fingerprint density at radius 1 is 1.33 bits per heavy atom. The van der Waals surface area contributed by atoms with E-state index in [2.05, 4.69) is 47.9 Å². The highest BCUT2D eigenvalue weighted by molar-refractivity contribution is 9.11. The summed E-state index contributed by atoms with van der Waals surface area (Å²) in [6.45, 7) is 2.61. The second-order valence-electron chi connectivity index (χ2n) is 3.89. The van der Waals surface area contributed by atoms with Crippen molar-refractivity contribution in [3.63, 3.8) is 0 Å². The van der Waals surface area contributed by atoms with Gasteiger partial charge in [0.2, 0.25) is 0 Å². The maximum atomic E-state index is 12.1. The maximum Gasteiger partial charge on any atom is 0.252 e. The van der Waals surface area contributed by atoms with Gasteiger partial charge in [-0.2, -0.15) is 11.3 Å². The number of hydrogen-bond donors (Lipinski definition) is 1. The molecular formula is C13H11Br2NOS. The molecule has 0 aliphatic rings. The summed E-state index contributed by atoms with van der Waals surface area (Å²) in [6.07, 6.45) is 0. The molecule has 0 fully saturated rings. The predicted molar refractivity (Wildman–Crippen MR) is 82.1 cm³/mol. The lowest BCUT2D eigenvalue weighted by molar-refractivity contribution is 0.0950. The standard InChI is InChI=1S/C13H11Br2NOS/c1-8-6-18-7-9(8)5-16-13(17)11-4-10(14)2-3-12(11)15/h2-4,6-7H,5H2,1H3,(H,16,17). The Balaban J connectivity index is 2.08. The quantitative estimate of drug-likeness (QED) is 0.823. The van der Waals surface area contributed by atoms with Gasteiger partial charge >= 0.3 is 0 Å². The molecule has 2 nitrogen and oxygen atoms in total. The molecule has 0 aliphatic heterocycles. The topological polar surface area (TPSA) is 29.1 Å². The van der Waals surface area contributed by atoms with Gasteiger partial charge in [0.1, 0.15) is 0 Å². The van der Waals surface area contributed by atoms with Crippen molar-refractivity contribution in [2.45, 2.75) is 13.5 Å². The number of rotatable bonds is 3. The highest BCUT2D eigenvalue weighted by Crippen LogP contribution is 2.21. The molecule has 94 valence electrons. The molecule has 0 saturated carbocycles. The first-order chi connectivity index (χ1) is 8.58. The Morgan fingerprint density at radius 2 is 2.11 bits per heavy atom. The van der Waals surface area contributed by atoms with Crippen molar-refractivity contribution in [2.24, 2.45) is 0 Å². The van der Waals surface area contributed by atoms with E-state index in [9.17, 15) is 4.79 Å². The molecule has 1 heterocycles. The monoisotopic (exact) mass is 387 g/mol. The second kappa shape index (κ2) is 5.99. The molecule has 18 heavy (non-hydrogen) atoms. The number of carbonyl (C=O) groups excluding carboxylic acids is 1. The van der Waals surface area contributed by atoms with Crippen LogP contribution in [0.3, 0.4) is 0 Å². The minimum absolute atomic E-state index is 0.0752. The average molecular weight is 389 g/mol. The van der Waals surface area contributed by atoms with Crippen LogP contribution >= 0.6 is 43.2 Å². The Hall–Kier alpha value is -0.650. The Morgan fingerprint density at radius 3 is 2.78 bits per heavy atom. The lowest BCUT2D eigenvalue weighted by Crippen LogP contribution is -2.23. The van der Waals surface area contributed by atoms with E-state index in [-0.39, 0.29) is 5.91 Å². The molecule has 0 saturated heterocycles. The fraction of sp³-hybridized carbons (Fsp3) is 0.154. The number of nitrogens with one attached hydrogen (secondary N) is 1. The van der Waals surface area contributed by atoms with Gasteiger partial charge in [0.25, 0.3) is 5.91 Å². The van der Waals surface area contributed by atoms with E-state index in [0.29, 0.717) is 12.1 Å². The van der Waals surface area contributed by atoms with Gasteiger partial charge in [-0.1, -0.05) is 15.9 Å². The van der Waals surface area contributed by atoms with Gasteiger partial charge in [-0.05, 0) is 62.9 Å². The first kappa shape index (κ1) is 13.8. The summed E-state index contributed by atoms with van der Waals surface area (Å²) in [4.78, 5) is 12.1. The number of hydrogen-bond acceptors (Lipinski definition) is 2. The first-order valence-electron chi connectivity index (χ1n) is 5.33. The van der Waals surface area contributed by atoms with E-state index in [0.717, 1.165) is 8.95 Å². The minimum Gasteiger partial charge on any atom is -0.348 e. The van der Waals surface area contributed by atoms with Gasteiger partial charge in [-0.25, -0.2) is 0 Å². The molecule has 0 unspecified atom stereocenters. The van der Waals surface area contributed by atoms with Crippen LogP contribution in [0.1, 0.15) is 21.5 Å². The van der Waals surface area contributed by atoms with Crippen LogP contribution in [0.2, 0.25) is 0 Å². The zero-order chi connectivity index (χ0) is 13.1. The summed E-state index contributed by atoms with van der Waals surface area (Å²) in [5.74, 6) is -0.0752. The van der Waals surface area contributed by atoms with Crippen LogP contribution < -0.4 is 5.32 Å². The Labute approximate surface area is 127 Å². The average Bonchev–Trinajstić information content (AvgIpc) is 2.75. The summed E-state index contributed by atoms with van der Waals surface area (Å²) in [5, 5.41) is 7.07. The number of halogens is 2. The summed E-state index contributed by atoms with van der Waals surface area (Å²) < 4.78 is 1.69. The Bertz CT molecular complexity index is 580. The predicted octanol–water partition coefficient (Wildman–Crippen LogP) is 4.51. The van der Waals surface area contributed by atoms with E-state index in [1.807, 2.05) is 19.1 Å². The van der Waals surface area contributed by atoms with E-state index < -0.39 is 0 Å². The zero-order valence-electron chi connectivity index (χ0n) is 9.67. The molecule has 2 rings (SSSR count). The number of amides is 1. The molecule has 1 aromatic heterocycles. The van der Waals surface area contributed by atoms with Crippen molar-refractivity contribution in [3.05, 3.63) is 54.6 Å². The molecule has 0 radical (unpaired) electrons. The third kappa shape index (κ3) is 3.22. The summed E-state index contributed by atoms with van der Waals surface area (Å²) >= 11 is 8.40. The van der Waals surface area contributed by atoms with Crippen LogP contribution in [0.4, 0.5) is 0 Å². The van der Waals surface area contributed by atoms with Crippen molar-refractivity contribution < 1.29 is 4.79 Å². The zero-order valence-corrected chi connectivity index (χ0v) is 13.7. The lowest BCUT2D eigenvalue weighted by Gasteiger charge is -2.07. The molecule has 0 atom stereocenters. The third-order valence-corrected chi connectivity index (χ3v) is 4.67. The largest absolute Gasteiger partial charge is 0.348 e. The van der Waals surface area contributed by atoms with Crippen molar-refractivity contribution in [2.75, 3.05) is 0 Å². The fourth-order valence-corrected chi connectivity index (χ4v) is 3.15. The van der Waals surface area contributed by atoms with Gasteiger partial charge in [0.15, 0.2) is 0 Å². The van der Waals surface area contributed by atoms with Crippen LogP contribution in [0, 0.1) is 6.92 Å². The van der Waals surface area contributed by atoms with Crippen molar-refractivity contribution in [3.8, 4) is 0 Å². The highest BCUT2D eigenvalue weighted by Gasteiger charge is 2.10. The van der Waals surface area contributed by atoms with Crippen LogP contribution in [0.25, 0.3) is 0 Å². The number of benzene rings is 1. The number of carbonyl (C=O) groups is 1. The molecule has 0 bridgehead atoms. The minimum atomic E-state index is -0.0752. The molecule has 2 aromatic rings. The molecule has 1 N–H and O–H groups in total. The van der Waals surface area contributed by atoms with Crippen LogP contribution in [0.5, 0.6) is 0 Å². The van der Waals surface area contributed by atoms with Gasteiger partial charge < -0.3 is 5.32 Å². The van der Waals surface area contributed by atoms with E-state index in [1.165, 1.54) is 11.1 Å². The second-order valence-corrected chi connectivity index (χ2v) is 6.40.